The molecule has 102 valence electrons. The second-order valence-corrected chi connectivity index (χ2v) is 4.92. The highest BCUT2D eigenvalue weighted by molar-refractivity contribution is 5.79. The molecule has 0 fully saturated rings. The van der Waals surface area contributed by atoms with Crippen LogP contribution in [-0.4, -0.2) is 4.98 Å². The molecular formula is C17H17FN2. The summed E-state index contributed by atoms with van der Waals surface area (Å²) in [5, 5.41) is 0. The third-order valence-electron chi connectivity index (χ3n) is 3.12. The van der Waals surface area contributed by atoms with Gasteiger partial charge in [0.25, 0.3) is 0 Å². The largest absolute Gasteiger partial charge is 0.398 e. The predicted octanol–water partition coefficient (Wildman–Crippen LogP) is 3.96. The smallest absolute Gasteiger partial charge is 0.124 e. The summed E-state index contributed by atoms with van der Waals surface area (Å²) in [7, 11) is 0. The summed E-state index contributed by atoms with van der Waals surface area (Å²) in [5.41, 5.74) is 9.79. The first-order valence-corrected chi connectivity index (χ1v) is 6.51. The molecule has 2 aromatic rings. The SMILES string of the molecule is CC#Cc1cc(-c2cc(F)cc(C(C)C)c2N)ccn1. The molecule has 1 heterocycles. The Bertz CT molecular complexity index is 694. The number of hydrogen-bond donors (Lipinski definition) is 1. The summed E-state index contributed by atoms with van der Waals surface area (Å²) >= 11 is 0. The molecule has 0 radical (unpaired) electrons. The van der Waals surface area contributed by atoms with Crippen LogP contribution >= 0.6 is 0 Å². The lowest BCUT2D eigenvalue weighted by atomic mass is 9.94. The first-order chi connectivity index (χ1) is 9.52. The van der Waals surface area contributed by atoms with Gasteiger partial charge in [-0.25, -0.2) is 9.37 Å². The zero-order valence-electron chi connectivity index (χ0n) is 11.9. The molecule has 3 heteroatoms. The Labute approximate surface area is 118 Å². The molecule has 0 unspecified atom stereocenters. The van der Waals surface area contributed by atoms with E-state index in [0.717, 1.165) is 11.1 Å². The van der Waals surface area contributed by atoms with E-state index in [9.17, 15) is 4.39 Å². The van der Waals surface area contributed by atoms with Crippen molar-refractivity contribution in [2.75, 3.05) is 5.73 Å². The van der Waals surface area contributed by atoms with E-state index in [1.165, 1.54) is 12.1 Å². The Hall–Kier alpha value is -2.34. The molecule has 1 aromatic carbocycles. The van der Waals surface area contributed by atoms with E-state index in [0.29, 0.717) is 16.9 Å². The van der Waals surface area contributed by atoms with Crippen molar-refractivity contribution in [1.29, 1.82) is 0 Å². The van der Waals surface area contributed by atoms with Crippen LogP contribution in [0.1, 0.15) is 37.9 Å². The van der Waals surface area contributed by atoms with Gasteiger partial charge in [0.05, 0.1) is 0 Å². The fourth-order valence-electron chi connectivity index (χ4n) is 2.15. The molecule has 0 saturated heterocycles. The average Bonchev–Trinajstić information content (AvgIpc) is 2.41. The zero-order valence-corrected chi connectivity index (χ0v) is 11.9. The normalized spacial score (nSPS) is 10.2. The number of pyridine rings is 1. The van der Waals surface area contributed by atoms with Crippen LogP contribution in [0.5, 0.6) is 0 Å². The van der Waals surface area contributed by atoms with E-state index in [4.69, 9.17) is 5.73 Å². The van der Waals surface area contributed by atoms with Gasteiger partial charge in [0, 0.05) is 17.4 Å². The van der Waals surface area contributed by atoms with Crippen molar-refractivity contribution in [2.24, 2.45) is 0 Å². The van der Waals surface area contributed by atoms with Crippen LogP contribution in [0.25, 0.3) is 11.1 Å². The fraction of sp³-hybridized carbons (Fsp3) is 0.235. The number of hydrogen-bond acceptors (Lipinski definition) is 2. The number of nitrogens with two attached hydrogens (primary N) is 1. The Balaban J connectivity index is 2.62. The lowest BCUT2D eigenvalue weighted by molar-refractivity contribution is 0.624. The Kier molecular flexibility index (Phi) is 4.05. The first-order valence-electron chi connectivity index (χ1n) is 6.51. The maximum absolute atomic E-state index is 13.8. The number of nitrogen functional groups attached to an aromatic ring is 1. The lowest BCUT2D eigenvalue weighted by Crippen LogP contribution is -2.01. The average molecular weight is 268 g/mol. The van der Waals surface area contributed by atoms with Gasteiger partial charge < -0.3 is 5.73 Å². The van der Waals surface area contributed by atoms with E-state index in [2.05, 4.69) is 16.8 Å². The standard InChI is InChI=1S/C17H17FN2/c1-4-5-14-8-12(6-7-20-14)16-10-13(18)9-15(11(2)3)17(16)19/h6-11H,19H2,1-3H3. The molecule has 20 heavy (non-hydrogen) atoms. The molecule has 0 spiro atoms. The van der Waals surface area contributed by atoms with Crippen LogP contribution in [-0.2, 0) is 0 Å². The van der Waals surface area contributed by atoms with Crippen LogP contribution < -0.4 is 5.73 Å². The summed E-state index contributed by atoms with van der Waals surface area (Å²) in [6, 6.07) is 6.60. The van der Waals surface area contributed by atoms with Crippen LogP contribution in [0, 0.1) is 17.7 Å². The van der Waals surface area contributed by atoms with Gasteiger partial charge in [-0.3, -0.25) is 0 Å². The monoisotopic (exact) mass is 268 g/mol. The number of benzene rings is 1. The van der Waals surface area contributed by atoms with Gasteiger partial charge in [0.15, 0.2) is 0 Å². The minimum Gasteiger partial charge on any atom is -0.398 e. The van der Waals surface area contributed by atoms with E-state index in [1.807, 2.05) is 26.0 Å². The first kappa shape index (κ1) is 14.1. The van der Waals surface area contributed by atoms with Crippen LogP contribution in [0.4, 0.5) is 10.1 Å². The minimum absolute atomic E-state index is 0.168. The van der Waals surface area contributed by atoms with Crippen molar-refractivity contribution in [3.8, 4) is 23.0 Å². The predicted molar refractivity (Wildman–Crippen MR) is 80.7 cm³/mol. The van der Waals surface area contributed by atoms with Crippen molar-refractivity contribution in [1.82, 2.24) is 4.98 Å². The number of nitrogens with zero attached hydrogens (tertiary/aromatic N) is 1. The highest BCUT2D eigenvalue weighted by atomic mass is 19.1. The third-order valence-corrected chi connectivity index (χ3v) is 3.12. The Morgan fingerprint density at radius 3 is 2.65 bits per heavy atom. The molecule has 0 aliphatic carbocycles. The van der Waals surface area contributed by atoms with Crippen molar-refractivity contribution in [3.63, 3.8) is 0 Å². The van der Waals surface area contributed by atoms with Gasteiger partial charge in [0.2, 0.25) is 0 Å². The van der Waals surface area contributed by atoms with E-state index in [1.54, 1.807) is 13.1 Å². The summed E-state index contributed by atoms with van der Waals surface area (Å²) in [6.45, 7) is 5.74. The molecule has 0 amide bonds. The molecule has 2 rings (SSSR count). The van der Waals surface area contributed by atoms with Gasteiger partial charge in [-0.2, -0.15) is 0 Å². The minimum atomic E-state index is -0.280. The number of rotatable bonds is 2. The maximum Gasteiger partial charge on any atom is 0.124 e. The number of halogens is 1. The van der Waals surface area contributed by atoms with Crippen LogP contribution in [0.2, 0.25) is 0 Å². The van der Waals surface area contributed by atoms with Crippen molar-refractivity contribution < 1.29 is 4.39 Å². The molecule has 2 N–H and O–H groups in total. The van der Waals surface area contributed by atoms with Crippen molar-refractivity contribution in [3.05, 3.63) is 47.5 Å². The van der Waals surface area contributed by atoms with E-state index >= 15 is 0 Å². The summed E-state index contributed by atoms with van der Waals surface area (Å²) in [4.78, 5) is 4.16. The quantitative estimate of drug-likeness (QED) is 0.661. The van der Waals surface area contributed by atoms with Crippen molar-refractivity contribution >= 4 is 5.69 Å². The lowest BCUT2D eigenvalue weighted by Gasteiger charge is -2.14. The molecular weight excluding hydrogens is 251 g/mol. The van der Waals surface area contributed by atoms with Gasteiger partial charge in [-0.15, -0.1) is 0 Å². The van der Waals surface area contributed by atoms with Gasteiger partial charge in [-0.05, 0) is 54.2 Å². The molecule has 0 aliphatic heterocycles. The Morgan fingerprint density at radius 1 is 1.25 bits per heavy atom. The van der Waals surface area contributed by atoms with Crippen LogP contribution in [0.3, 0.4) is 0 Å². The number of aromatic nitrogens is 1. The van der Waals surface area contributed by atoms with Gasteiger partial charge in [0.1, 0.15) is 11.5 Å². The zero-order chi connectivity index (χ0) is 14.7. The molecule has 0 saturated carbocycles. The maximum atomic E-state index is 13.8. The van der Waals surface area contributed by atoms with E-state index in [-0.39, 0.29) is 11.7 Å². The van der Waals surface area contributed by atoms with Crippen LogP contribution in [0.15, 0.2) is 30.5 Å². The highest BCUT2D eigenvalue weighted by Gasteiger charge is 2.13. The third kappa shape index (κ3) is 2.80. The van der Waals surface area contributed by atoms with Crippen molar-refractivity contribution in [2.45, 2.75) is 26.7 Å². The summed E-state index contributed by atoms with van der Waals surface area (Å²) in [5.74, 6) is 5.58. The summed E-state index contributed by atoms with van der Waals surface area (Å²) in [6.07, 6.45) is 1.66. The van der Waals surface area contributed by atoms with Gasteiger partial charge in [-0.1, -0.05) is 19.8 Å². The summed E-state index contributed by atoms with van der Waals surface area (Å²) < 4.78 is 13.8. The fourth-order valence-corrected chi connectivity index (χ4v) is 2.15. The highest BCUT2D eigenvalue weighted by Crippen LogP contribution is 2.33. The van der Waals surface area contributed by atoms with Gasteiger partial charge >= 0.3 is 0 Å². The molecule has 0 atom stereocenters. The molecule has 0 bridgehead atoms. The topological polar surface area (TPSA) is 38.9 Å². The molecule has 0 aliphatic rings. The number of anilines is 1. The van der Waals surface area contributed by atoms with E-state index < -0.39 is 0 Å². The molecule has 1 aromatic heterocycles. The second kappa shape index (κ2) is 5.75. The molecule has 2 nitrogen and oxygen atoms in total. The second-order valence-electron chi connectivity index (χ2n) is 4.92. The Morgan fingerprint density at radius 2 is 2.00 bits per heavy atom.